The maximum Gasteiger partial charge on any atom is 0.115 e. The topological polar surface area (TPSA) is 77.6 Å². The first-order valence-corrected chi connectivity index (χ1v) is 9.98. The van der Waals surface area contributed by atoms with Crippen LogP contribution < -0.4 is 0 Å². The molecule has 3 aromatic heterocycles. The Morgan fingerprint density at radius 1 is 0.500 bits per heavy atom. The van der Waals surface area contributed by atoms with Gasteiger partial charge in [0.15, 0.2) is 0 Å². The molecule has 8 bridgehead atoms. The van der Waals surface area contributed by atoms with Crippen molar-refractivity contribution in [3.8, 4) is 5.75 Å². The average molecular weight is 463 g/mol. The summed E-state index contributed by atoms with van der Waals surface area (Å²) in [6, 6.07) is 25.1. The van der Waals surface area contributed by atoms with Gasteiger partial charge in [0, 0.05) is 38.8 Å². The van der Waals surface area contributed by atoms with Gasteiger partial charge >= 0.3 is 0 Å². The van der Waals surface area contributed by atoms with Gasteiger partial charge in [-0.1, -0.05) is 18.2 Å². The van der Waals surface area contributed by atoms with E-state index in [1.54, 1.807) is 24.3 Å². The standard InChI is InChI=1S/C20H14N4.C6H6O.Co/c1-2-14-10-16-5-6-18(23-16)12-20-8-7-19(24-20)11-17-4-3-15(22-17)9-13(1)21-14;7-6-4-2-1-3-5-6;/h1-12,21,24H;1-5,7H;. The number of phenols is 1. The summed E-state index contributed by atoms with van der Waals surface area (Å²) in [5.74, 6) is 0.322. The number of hydrogen-bond acceptors (Lipinski definition) is 3. The number of aromatic hydroxyl groups is 1. The normalized spacial score (nSPS) is 11.4. The second-order valence-corrected chi connectivity index (χ2v) is 7.24. The van der Waals surface area contributed by atoms with Gasteiger partial charge in [0.1, 0.15) is 5.75 Å². The molecule has 0 amide bonds. The molecular formula is C26H20CoN4O. The van der Waals surface area contributed by atoms with Crippen LogP contribution in [0.2, 0.25) is 0 Å². The Balaban J connectivity index is 0.000000265. The predicted molar refractivity (Wildman–Crippen MR) is 127 cm³/mol. The molecule has 32 heavy (non-hydrogen) atoms. The van der Waals surface area contributed by atoms with Gasteiger partial charge in [-0.2, -0.15) is 0 Å². The number of nitrogens with zero attached hydrogens (tertiary/aromatic N) is 2. The summed E-state index contributed by atoms with van der Waals surface area (Å²) in [7, 11) is 0. The molecule has 3 N–H and O–H groups in total. The first-order valence-electron chi connectivity index (χ1n) is 9.98. The van der Waals surface area contributed by atoms with Crippen molar-refractivity contribution in [2.75, 3.05) is 0 Å². The monoisotopic (exact) mass is 463 g/mol. The smallest absolute Gasteiger partial charge is 0.115 e. The molecule has 159 valence electrons. The van der Waals surface area contributed by atoms with Crippen LogP contribution in [-0.2, 0) is 16.8 Å². The average Bonchev–Trinajstić information content (AvgIpc) is 3.55. The van der Waals surface area contributed by atoms with Gasteiger partial charge < -0.3 is 15.1 Å². The van der Waals surface area contributed by atoms with Gasteiger partial charge in [-0.3, -0.25) is 0 Å². The molecule has 6 heteroatoms. The van der Waals surface area contributed by atoms with E-state index in [-0.39, 0.29) is 16.8 Å². The van der Waals surface area contributed by atoms with E-state index in [9.17, 15) is 0 Å². The molecule has 5 nitrogen and oxygen atoms in total. The zero-order valence-electron chi connectivity index (χ0n) is 17.0. The Morgan fingerprint density at radius 2 is 0.844 bits per heavy atom. The number of nitrogens with one attached hydrogen (secondary N) is 2. The van der Waals surface area contributed by atoms with Crippen LogP contribution in [-0.4, -0.2) is 25.0 Å². The predicted octanol–water partition coefficient (Wildman–Crippen LogP) is 6.05. The van der Waals surface area contributed by atoms with Crippen LogP contribution in [0.25, 0.3) is 46.4 Å². The first-order chi connectivity index (χ1) is 15.2. The number of benzene rings is 1. The summed E-state index contributed by atoms with van der Waals surface area (Å²) in [6.45, 7) is 0. The first kappa shape index (κ1) is 21.4. The molecule has 0 aliphatic carbocycles. The van der Waals surface area contributed by atoms with Crippen molar-refractivity contribution >= 4 is 46.4 Å². The van der Waals surface area contributed by atoms with Crippen LogP contribution in [0, 0.1) is 0 Å². The summed E-state index contributed by atoms with van der Waals surface area (Å²) >= 11 is 0. The second kappa shape index (κ2) is 9.51. The maximum atomic E-state index is 8.63. The molecule has 0 atom stereocenters. The number of hydrogen-bond donors (Lipinski definition) is 3. The fraction of sp³-hybridized carbons (Fsp3) is 0. The molecule has 2 aliphatic rings. The van der Waals surface area contributed by atoms with E-state index in [1.807, 2.05) is 54.6 Å². The van der Waals surface area contributed by atoms with E-state index in [2.05, 4.69) is 44.2 Å². The van der Waals surface area contributed by atoms with E-state index >= 15 is 0 Å². The quantitative estimate of drug-likeness (QED) is 0.257. The molecular weight excluding hydrogens is 443 g/mol. The van der Waals surface area contributed by atoms with Gasteiger partial charge in [0.05, 0.1) is 22.8 Å². The number of fused-ring (bicyclic) bond motifs is 8. The van der Waals surface area contributed by atoms with Crippen LogP contribution in [0.1, 0.15) is 22.8 Å². The van der Waals surface area contributed by atoms with Gasteiger partial charge in [-0.15, -0.1) is 0 Å². The van der Waals surface area contributed by atoms with Gasteiger partial charge in [0.2, 0.25) is 0 Å². The zero-order chi connectivity index (χ0) is 21.0. The van der Waals surface area contributed by atoms with E-state index < -0.39 is 0 Å². The molecule has 0 spiro atoms. The summed E-state index contributed by atoms with van der Waals surface area (Å²) in [5.41, 5.74) is 7.86. The van der Waals surface area contributed by atoms with Crippen molar-refractivity contribution in [3.63, 3.8) is 0 Å². The Kier molecular flexibility index (Phi) is 6.35. The van der Waals surface area contributed by atoms with Crippen molar-refractivity contribution in [1.29, 1.82) is 0 Å². The van der Waals surface area contributed by atoms with E-state index in [0.29, 0.717) is 5.75 Å². The molecule has 1 radical (unpaired) electrons. The van der Waals surface area contributed by atoms with Crippen LogP contribution in [0.4, 0.5) is 0 Å². The summed E-state index contributed by atoms with van der Waals surface area (Å²) in [6.07, 6.45) is 8.09. The number of H-pyrrole nitrogens is 2. The molecule has 6 rings (SSSR count). The molecule has 0 saturated heterocycles. The largest absolute Gasteiger partial charge is 0.508 e. The van der Waals surface area contributed by atoms with Crippen LogP contribution in [0.3, 0.4) is 0 Å². The van der Waals surface area contributed by atoms with Crippen molar-refractivity contribution in [2.45, 2.75) is 0 Å². The van der Waals surface area contributed by atoms with Crippen LogP contribution in [0.15, 0.2) is 78.9 Å². The van der Waals surface area contributed by atoms with Crippen LogP contribution in [0.5, 0.6) is 5.75 Å². The minimum absolute atomic E-state index is 0. The summed E-state index contributed by atoms with van der Waals surface area (Å²) < 4.78 is 0. The number of aromatic amines is 2. The molecule has 4 aromatic rings. The molecule has 0 unspecified atom stereocenters. The summed E-state index contributed by atoms with van der Waals surface area (Å²) in [4.78, 5) is 16.0. The number of rotatable bonds is 0. The van der Waals surface area contributed by atoms with E-state index in [1.165, 1.54) is 0 Å². The van der Waals surface area contributed by atoms with Crippen molar-refractivity contribution < 1.29 is 21.9 Å². The van der Waals surface area contributed by atoms with Gasteiger partial charge in [0.25, 0.3) is 0 Å². The Morgan fingerprint density at radius 3 is 1.12 bits per heavy atom. The van der Waals surface area contributed by atoms with Crippen molar-refractivity contribution in [3.05, 3.63) is 102 Å². The van der Waals surface area contributed by atoms with Gasteiger partial charge in [-0.05, 0) is 85.0 Å². The molecule has 0 saturated carbocycles. The third kappa shape index (κ3) is 5.24. The van der Waals surface area contributed by atoms with E-state index in [4.69, 9.17) is 5.11 Å². The minimum Gasteiger partial charge on any atom is -0.508 e. The molecule has 1 aromatic carbocycles. The SMILES string of the molecule is C1=Cc2cc3ccc(cc4nc(cc5ccc(cc1n2)[nH]5)C=C4)[nH]3.Oc1ccccc1.[Co]. The molecule has 5 heterocycles. The molecule has 0 fully saturated rings. The van der Waals surface area contributed by atoms with Crippen LogP contribution >= 0.6 is 0 Å². The maximum absolute atomic E-state index is 8.63. The van der Waals surface area contributed by atoms with E-state index in [0.717, 1.165) is 44.8 Å². The Labute approximate surface area is 195 Å². The van der Waals surface area contributed by atoms with Crippen molar-refractivity contribution in [2.24, 2.45) is 0 Å². The Bertz CT molecular complexity index is 1270. The fourth-order valence-corrected chi connectivity index (χ4v) is 3.37. The van der Waals surface area contributed by atoms with Crippen molar-refractivity contribution in [1.82, 2.24) is 19.9 Å². The van der Waals surface area contributed by atoms with Gasteiger partial charge in [-0.25, -0.2) is 9.97 Å². The minimum atomic E-state index is 0. The number of phenolic OH excluding ortho intramolecular Hbond substituents is 1. The third-order valence-electron chi connectivity index (χ3n) is 4.80. The third-order valence-corrected chi connectivity index (χ3v) is 4.80. The summed E-state index contributed by atoms with van der Waals surface area (Å²) in [5, 5.41) is 8.63. The molecule has 2 aliphatic heterocycles. The number of aromatic nitrogens is 4. The zero-order valence-corrected chi connectivity index (χ0v) is 18.0. The fourth-order valence-electron chi connectivity index (χ4n) is 3.37. The second-order valence-electron chi connectivity index (χ2n) is 7.24. The Hall–Kier alpha value is -3.87. The number of para-hydroxylation sites is 1.